The fourth-order valence-corrected chi connectivity index (χ4v) is 7.05. The van der Waals surface area contributed by atoms with E-state index >= 15 is 0 Å². The lowest BCUT2D eigenvalue weighted by Crippen LogP contribution is -2.78. The molecule has 0 unspecified atom stereocenters. The number of fused-ring (bicyclic) bond motifs is 3. The van der Waals surface area contributed by atoms with Crippen LogP contribution in [0.15, 0.2) is 12.7 Å². The number of carbonyl (C=O) groups excluding carboxylic acids is 1. The molecular formula is C22H36O6. The van der Waals surface area contributed by atoms with Gasteiger partial charge in [-0.3, -0.25) is 4.79 Å². The number of hydrogen-bond acceptors (Lipinski definition) is 6. The van der Waals surface area contributed by atoms with E-state index in [0.29, 0.717) is 12.8 Å². The van der Waals surface area contributed by atoms with Gasteiger partial charge in [0.1, 0.15) is 5.60 Å². The Bertz CT molecular complexity index is 661. The van der Waals surface area contributed by atoms with Gasteiger partial charge in [0.15, 0.2) is 6.10 Å². The van der Waals surface area contributed by atoms with Crippen LogP contribution in [0.2, 0.25) is 0 Å². The Balaban J connectivity index is 2.23. The van der Waals surface area contributed by atoms with E-state index in [-0.39, 0.29) is 11.3 Å². The van der Waals surface area contributed by atoms with Crippen molar-refractivity contribution in [2.24, 2.45) is 22.7 Å². The van der Waals surface area contributed by atoms with Crippen LogP contribution in [0.5, 0.6) is 0 Å². The van der Waals surface area contributed by atoms with Crippen molar-refractivity contribution in [2.75, 3.05) is 0 Å². The Hall–Kier alpha value is -0.950. The van der Waals surface area contributed by atoms with E-state index in [1.54, 1.807) is 13.0 Å². The van der Waals surface area contributed by atoms with Gasteiger partial charge in [-0.1, -0.05) is 26.8 Å². The largest absolute Gasteiger partial charge is 0.457 e. The topological polar surface area (TPSA) is 96.2 Å². The first-order chi connectivity index (χ1) is 12.7. The van der Waals surface area contributed by atoms with Crippen LogP contribution in [0.25, 0.3) is 0 Å². The molecule has 0 amide bonds. The third-order valence-electron chi connectivity index (χ3n) is 7.97. The lowest BCUT2D eigenvalue weighted by atomic mass is 9.41. The summed E-state index contributed by atoms with van der Waals surface area (Å²) in [6, 6.07) is 0. The first-order valence-corrected chi connectivity index (χ1v) is 10.3. The van der Waals surface area contributed by atoms with Crippen LogP contribution in [0.1, 0.15) is 60.8 Å². The Morgan fingerprint density at radius 3 is 2.29 bits per heavy atom. The van der Waals surface area contributed by atoms with Crippen LogP contribution in [0.4, 0.5) is 0 Å². The molecule has 3 N–H and O–H groups in total. The first kappa shape index (κ1) is 21.8. The molecule has 3 fully saturated rings. The van der Waals surface area contributed by atoms with Crippen molar-refractivity contribution in [2.45, 2.75) is 96.4 Å². The first-order valence-electron chi connectivity index (χ1n) is 10.3. The van der Waals surface area contributed by atoms with E-state index in [4.69, 9.17) is 9.47 Å². The van der Waals surface area contributed by atoms with Crippen molar-refractivity contribution >= 4 is 5.97 Å². The van der Waals surface area contributed by atoms with Gasteiger partial charge in [0, 0.05) is 30.6 Å². The molecule has 0 aromatic rings. The van der Waals surface area contributed by atoms with Crippen molar-refractivity contribution in [3.63, 3.8) is 0 Å². The minimum atomic E-state index is -1.18. The van der Waals surface area contributed by atoms with Crippen molar-refractivity contribution in [1.29, 1.82) is 0 Å². The van der Waals surface area contributed by atoms with Crippen molar-refractivity contribution in [3.8, 4) is 0 Å². The molecule has 0 aromatic carbocycles. The van der Waals surface area contributed by atoms with Crippen LogP contribution in [0.3, 0.4) is 0 Å². The fraction of sp³-hybridized carbons (Fsp3) is 0.864. The van der Waals surface area contributed by atoms with E-state index in [1.165, 1.54) is 6.92 Å². The van der Waals surface area contributed by atoms with Gasteiger partial charge in [-0.05, 0) is 32.1 Å². The summed E-state index contributed by atoms with van der Waals surface area (Å²) in [4.78, 5) is 11.9. The molecule has 6 nitrogen and oxygen atoms in total. The minimum Gasteiger partial charge on any atom is -0.457 e. The second-order valence-electron chi connectivity index (χ2n) is 10.5. The summed E-state index contributed by atoms with van der Waals surface area (Å²) in [5.74, 6) is -1.39. The van der Waals surface area contributed by atoms with Crippen LogP contribution in [0, 0.1) is 22.7 Å². The number of rotatable bonds is 2. The summed E-state index contributed by atoms with van der Waals surface area (Å²) in [5.41, 5.74) is -3.10. The molecule has 6 heteroatoms. The van der Waals surface area contributed by atoms with Crippen molar-refractivity contribution in [1.82, 2.24) is 0 Å². The summed E-state index contributed by atoms with van der Waals surface area (Å²) in [6.45, 7) is 14.9. The molecule has 2 aliphatic carbocycles. The average Bonchev–Trinajstić information content (AvgIpc) is 2.54. The number of aliphatic hydroxyl groups excluding tert-OH is 3. The number of esters is 1. The highest BCUT2D eigenvalue weighted by molar-refractivity contribution is 5.66. The van der Waals surface area contributed by atoms with Crippen LogP contribution >= 0.6 is 0 Å². The maximum absolute atomic E-state index is 11.9. The SMILES string of the molecule is C=C[C@@]1(C)C[C@H](O)[C@H]2[C@](C)(O1)[C@@H](OC(C)=O)[C@@H](O)[C@H]1C(C)(C)CC[C@H](O)[C@@]12C. The lowest BCUT2D eigenvalue weighted by Gasteiger charge is -2.69. The Labute approximate surface area is 167 Å². The van der Waals surface area contributed by atoms with Gasteiger partial charge in [-0.15, -0.1) is 6.58 Å². The average molecular weight is 397 g/mol. The van der Waals surface area contributed by atoms with E-state index in [0.717, 1.165) is 6.42 Å². The third kappa shape index (κ3) is 2.87. The lowest BCUT2D eigenvalue weighted by molar-refractivity contribution is -0.353. The van der Waals surface area contributed by atoms with Crippen LogP contribution < -0.4 is 0 Å². The molecule has 1 heterocycles. The predicted molar refractivity (Wildman–Crippen MR) is 104 cm³/mol. The summed E-state index contributed by atoms with van der Waals surface area (Å²) < 4.78 is 12.1. The smallest absolute Gasteiger partial charge is 0.303 e. The normalized spacial score (nSPS) is 52.9. The second-order valence-corrected chi connectivity index (χ2v) is 10.5. The quantitative estimate of drug-likeness (QED) is 0.489. The number of aliphatic hydroxyl groups is 3. The zero-order valence-corrected chi connectivity index (χ0v) is 17.9. The third-order valence-corrected chi connectivity index (χ3v) is 7.97. The number of carbonyl (C=O) groups is 1. The second kappa shape index (κ2) is 6.53. The van der Waals surface area contributed by atoms with Gasteiger partial charge in [0.2, 0.25) is 0 Å². The molecule has 28 heavy (non-hydrogen) atoms. The summed E-state index contributed by atoms with van der Waals surface area (Å²) in [7, 11) is 0. The van der Waals surface area contributed by atoms with Gasteiger partial charge in [0.05, 0.1) is 23.9 Å². The molecule has 0 bridgehead atoms. The molecule has 0 spiro atoms. The fourth-order valence-electron chi connectivity index (χ4n) is 7.05. The standard InChI is InChI=1S/C22H36O6/c1-8-20(5)11-13(24)16-21(6)14(25)9-10-19(3,4)17(21)15(26)18(27-12(2)23)22(16,7)28-20/h8,13-18,24-26H,1,9-11H2,2-7H3/t13-,14-,15-,16+,17-,18-,20-,21+,22-/m0/s1. The highest BCUT2D eigenvalue weighted by Crippen LogP contribution is 2.66. The van der Waals surface area contributed by atoms with Gasteiger partial charge < -0.3 is 24.8 Å². The highest BCUT2D eigenvalue weighted by Gasteiger charge is 2.73. The summed E-state index contributed by atoms with van der Waals surface area (Å²) >= 11 is 0. The summed E-state index contributed by atoms with van der Waals surface area (Å²) in [5, 5.41) is 33.9. The summed E-state index contributed by atoms with van der Waals surface area (Å²) in [6.07, 6.45) is -0.185. The van der Waals surface area contributed by atoms with E-state index in [2.05, 4.69) is 20.4 Å². The zero-order chi connectivity index (χ0) is 21.3. The minimum absolute atomic E-state index is 0.300. The van der Waals surface area contributed by atoms with Crippen molar-refractivity contribution in [3.05, 3.63) is 12.7 Å². The van der Waals surface area contributed by atoms with Crippen LogP contribution in [-0.4, -0.2) is 56.9 Å². The van der Waals surface area contributed by atoms with Crippen molar-refractivity contribution < 1.29 is 29.6 Å². The molecule has 9 atom stereocenters. The molecule has 1 aliphatic heterocycles. The van der Waals surface area contributed by atoms with E-state index in [1.807, 2.05) is 13.8 Å². The molecule has 3 aliphatic rings. The molecule has 160 valence electrons. The molecular weight excluding hydrogens is 360 g/mol. The Morgan fingerprint density at radius 2 is 1.75 bits per heavy atom. The maximum atomic E-state index is 11.9. The molecule has 0 radical (unpaired) electrons. The number of ether oxygens (including phenoxy) is 2. The Morgan fingerprint density at radius 1 is 1.14 bits per heavy atom. The molecule has 1 saturated heterocycles. The van der Waals surface area contributed by atoms with Gasteiger partial charge >= 0.3 is 5.97 Å². The molecule has 2 saturated carbocycles. The van der Waals surface area contributed by atoms with Gasteiger partial charge in [-0.25, -0.2) is 0 Å². The number of hydrogen-bond donors (Lipinski definition) is 3. The van der Waals surface area contributed by atoms with E-state index < -0.39 is 52.9 Å². The maximum Gasteiger partial charge on any atom is 0.303 e. The zero-order valence-electron chi connectivity index (χ0n) is 17.9. The Kier molecular flexibility index (Phi) is 5.07. The highest BCUT2D eigenvalue weighted by atomic mass is 16.6. The van der Waals surface area contributed by atoms with Crippen LogP contribution in [-0.2, 0) is 14.3 Å². The van der Waals surface area contributed by atoms with E-state index in [9.17, 15) is 20.1 Å². The van der Waals surface area contributed by atoms with Gasteiger partial charge in [0.25, 0.3) is 0 Å². The molecule has 3 rings (SSSR count). The molecule has 0 aromatic heterocycles. The monoisotopic (exact) mass is 396 g/mol. The van der Waals surface area contributed by atoms with Gasteiger partial charge in [-0.2, -0.15) is 0 Å². The predicted octanol–water partition coefficient (Wildman–Crippen LogP) is 2.20.